The van der Waals surface area contributed by atoms with Crippen LogP contribution in [0.1, 0.15) is 32.4 Å². The molecule has 0 atom stereocenters. The van der Waals surface area contributed by atoms with Gasteiger partial charge in [0.25, 0.3) is 0 Å². The molecule has 1 heterocycles. The summed E-state index contributed by atoms with van der Waals surface area (Å²) in [5, 5.41) is 4.76. The number of hydrogen-bond acceptors (Lipinski definition) is 3. The highest BCUT2D eigenvalue weighted by Gasteiger charge is 2.12. The van der Waals surface area contributed by atoms with E-state index in [0.717, 1.165) is 5.69 Å². The molecule has 0 amide bonds. The lowest BCUT2D eigenvalue weighted by Crippen LogP contribution is -2.15. The largest absolute Gasteiger partial charge is 0.253 e. The van der Waals surface area contributed by atoms with Crippen LogP contribution in [0.25, 0.3) is 0 Å². The average Bonchev–Trinajstić information content (AvgIpc) is 2.57. The van der Waals surface area contributed by atoms with Crippen molar-refractivity contribution < 1.29 is 8.42 Å². The summed E-state index contributed by atoms with van der Waals surface area (Å²) in [4.78, 5) is 0. The molecule has 1 aromatic rings. The van der Waals surface area contributed by atoms with Crippen LogP contribution in [-0.2, 0) is 16.4 Å². The molecule has 0 radical (unpaired) electrons. The minimum absolute atomic E-state index is 0.0857. The second-order valence-corrected chi connectivity index (χ2v) is 6.87. The predicted octanol–water partition coefficient (Wildman–Crippen LogP) is 2.09. The highest BCUT2D eigenvalue weighted by atomic mass is 35.5. The van der Waals surface area contributed by atoms with E-state index < -0.39 is 9.84 Å². The van der Waals surface area contributed by atoms with Gasteiger partial charge in [-0.25, -0.2) is 8.42 Å². The molecule has 0 fully saturated rings. The zero-order valence-electron chi connectivity index (χ0n) is 9.77. The molecule has 1 rings (SSSR count). The Morgan fingerprint density at radius 3 is 2.56 bits per heavy atom. The maximum absolute atomic E-state index is 11.3. The fourth-order valence-corrected chi connectivity index (χ4v) is 2.20. The zero-order valence-corrected chi connectivity index (χ0v) is 11.3. The average molecular weight is 265 g/mol. The Kier molecular flexibility index (Phi) is 4.38. The minimum Gasteiger partial charge on any atom is -0.253 e. The van der Waals surface area contributed by atoms with Crippen molar-refractivity contribution in [3.63, 3.8) is 0 Å². The van der Waals surface area contributed by atoms with Gasteiger partial charge in [0.1, 0.15) is 5.15 Å². The van der Waals surface area contributed by atoms with Crippen molar-refractivity contribution >= 4 is 21.4 Å². The smallest absolute Gasteiger partial charge is 0.151 e. The molecule has 6 heteroatoms. The van der Waals surface area contributed by atoms with Gasteiger partial charge in [-0.1, -0.05) is 32.4 Å². The number of hydrogen-bond donors (Lipinski definition) is 0. The molecule has 0 aromatic carbocycles. The van der Waals surface area contributed by atoms with Gasteiger partial charge in [-0.15, -0.1) is 0 Å². The molecule has 4 nitrogen and oxygen atoms in total. The minimum atomic E-state index is -2.96. The van der Waals surface area contributed by atoms with Crippen molar-refractivity contribution in [3.05, 3.63) is 16.9 Å². The Labute approximate surface area is 102 Å². The van der Waals surface area contributed by atoms with Crippen molar-refractivity contribution in [2.75, 3.05) is 11.5 Å². The molecule has 0 N–H and O–H groups in total. The van der Waals surface area contributed by atoms with Crippen molar-refractivity contribution in [1.29, 1.82) is 0 Å². The molecule has 0 aliphatic rings. The third-order valence-corrected chi connectivity index (χ3v) is 4.38. The van der Waals surface area contributed by atoms with Gasteiger partial charge in [-0.05, 0) is 12.0 Å². The fraction of sp³-hybridized carbons (Fsp3) is 0.700. The van der Waals surface area contributed by atoms with Crippen LogP contribution < -0.4 is 0 Å². The van der Waals surface area contributed by atoms with Gasteiger partial charge in [0, 0.05) is 5.75 Å². The third-order valence-electron chi connectivity index (χ3n) is 2.40. The summed E-state index contributed by atoms with van der Waals surface area (Å²) in [6.45, 7) is 6.00. The Bertz CT molecular complexity index is 451. The highest BCUT2D eigenvalue weighted by Crippen LogP contribution is 2.18. The number of halogens is 1. The summed E-state index contributed by atoms with van der Waals surface area (Å²) in [6, 6.07) is 1.78. The number of nitrogens with zero attached hydrogens (tertiary/aromatic N) is 2. The predicted molar refractivity (Wildman–Crippen MR) is 65.7 cm³/mol. The lowest BCUT2D eigenvalue weighted by Gasteiger charge is -2.03. The molecular weight excluding hydrogens is 248 g/mol. The van der Waals surface area contributed by atoms with E-state index in [9.17, 15) is 8.42 Å². The highest BCUT2D eigenvalue weighted by molar-refractivity contribution is 7.91. The van der Waals surface area contributed by atoms with E-state index >= 15 is 0 Å². The monoisotopic (exact) mass is 264 g/mol. The Morgan fingerprint density at radius 2 is 2.12 bits per heavy atom. The summed E-state index contributed by atoms with van der Waals surface area (Å²) in [5.74, 6) is 0.535. The maximum Gasteiger partial charge on any atom is 0.151 e. The van der Waals surface area contributed by atoms with Gasteiger partial charge in [0.2, 0.25) is 0 Å². The molecule has 0 unspecified atom stereocenters. The molecular formula is C10H17ClN2O2S. The molecule has 16 heavy (non-hydrogen) atoms. The van der Waals surface area contributed by atoms with Gasteiger partial charge in [-0.2, -0.15) is 5.10 Å². The first kappa shape index (κ1) is 13.5. The maximum atomic E-state index is 11.3. The number of sulfone groups is 1. The van der Waals surface area contributed by atoms with Gasteiger partial charge in [-0.3, -0.25) is 4.68 Å². The first-order valence-electron chi connectivity index (χ1n) is 5.29. The van der Waals surface area contributed by atoms with E-state index in [1.54, 1.807) is 17.7 Å². The lowest BCUT2D eigenvalue weighted by atomic mass is 10.1. The zero-order chi connectivity index (χ0) is 12.3. The van der Waals surface area contributed by atoms with Crippen LogP contribution >= 0.6 is 11.6 Å². The Balaban J connectivity index is 2.75. The summed E-state index contributed by atoms with van der Waals surface area (Å²) >= 11 is 5.97. The molecule has 92 valence electrons. The fourth-order valence-electron chi connectivity index (χ4n) is 1.22. The number of aromatic nitrogens is 2. The molecule has 0 saturated carbocycles. The molecule has 1 aromatic heterocycles. The second-order valence-electron chi connectivity index (χ2n) is 4.01. The number of rotatable bonds is 5. The normalized spacial score (nSPS) is 12.3. The van der Waals surface area contributed by atoms with E-state index in [1.807, 2.05) is 13.8 Å². The standard InChI is InChI=1S/C10H17ClN2O2S/c1-4-16(14,15)6-5-13-10(11)7-9(12-13)8(2)3/h7-8H,4-6H2,1-3H3. The van der Waals surface area contributed by atoms with Crippen molar-refractivity contribution in [1.82, 2.24) is 9.78 Å². The van der Waals surface area contributed by atoms with Crippen molar-refractivity contribution in [2.45, 2.75) is 33.2 Å². The summed E-state index contributed by atoms with van der Waals surface area (Å²) < 4.78 is 24.2. The van der Waals surface area contributed by atoms with E-state index in [0.29, 0.717) is 17.6 Å². The van der Waals surface area contributed by atoms with E-state index in [4.69, 9.17) is 11.6 Å². The number of aryl methyl sites for hydroxylation is 1. The first-order valence-corrected chi connectivity index (χ1v) is 7.49. The molecule has 0 saturated heterocycles. The summed E-state index contributed by atoms with van der Waals surface area (Å²) in [5.41, 5.74) is 0.888. The van der Waals surface area contributed by atoms with Crippen LogP contribution in [0.15, 0.2) is 6.07 Å². The SMILES string of the molecule is CCS(=O)(=O)CCn1nc(C(C)C)cc1Cl. The lowest BCUT2D eigenvalue weighted by molar-refractivity contribution is 0.579. The van der Waals surface area contributed by atoms with E-state index in [-0.39, 0.29) is 11.5 Å². The molecule has 0 bridgehead atoms. The quantitative estimate of drug-likeness (QED) is 0.818. The first-order chi connectivity index (χ1) is 7.35. The van der Waals surface area contributed by atoms with Gasteiger partial charge >= 0.3 is 0 Å². The summed E-state index contributed by atoms with van der Waals surface area (Å²) in [7, 11) is -2.96. The summed E-state index contributed by atoms with van der Waals surface area (Å²) in [6.07, 6.45) is 0. The molecule has 0 aliphatic heterocycles. The van der Waals surface area contributed by atoms with Crippen molar-refractivity contribution in [2.24, 2.45) is 0 Å². The molecule has 0 spiro atoms. The van der Waals surface area contributed by atoms with Crippen LogP contribution in [0.3, 0.4) is 0 Å². The van der Waals surface area contributed by atoms with Gasteiger partial charge in [0.05, 0.1) is 18.0 Å². The second kappa shape index (κ2) is 5.19. The van der Waals surface area contributed by atoms with Crippen LogP contribution in [-0.4, -0.2) is 29.7 Å². The van der Waals surface area contributed by atoms with Gasteiger partial charge < -0.3 is 0 Å². The van der Waals surface area contributed by atoms with Crippen LogP contribution in [0.2, 0.25) is 5.15 Å². The van der Waals surface area contributed by atoms with Crippen LogP contribution in [0.5, 0.6) is 0 Å². The van der Waals surface area contributed by atoms with E-state index in [1.165, 1.54) is 0 Å². The van der Waals surface area contributed by atoms with E-state index in [2.05, 4.69) is 5.10 Å². The van der Waals surface area contributed by atoms with Crippen LogP contribution in [0.4, 0.5) is 0 Å². The Morgan fingerprint density at radius 1 is 1.50 bits per heavy atom. The van der Waals surface area contributed by atoms with Gasteiger partial charge in [0.15, 0.2) is 9.84 Å². The topological polar surface area (TPSA) is 52.0 Å². The molecule has 0 aliphatic carbocycles. The third kappa shape index (κ3) is 3.49. The van der Waals surface area contributed by atoms with Crippen LogP contribution in [0, 0.1) is 0 Å². The Hall–Kier alpha value is -0.550. The van der Waals surface area contributed by atoms with Crippen molar-refractivity contribution in [3.8, 4) is 0 Å².